The molecule has 1 atom stereocenters. The minimum absolute atomic E-state index is 0.245. The number of aliphatic hydroxyl groups excluding tert-OH is 1. The summed E-state index contributed by atoms with van der Waals surface area (Å²) in [6.45, 7) is 6.91. The molecule has 0 saturated heterocycles. The average Bonchev–Trinajstić information content (AvgIpc) is 2.40. The van der Waals surface area contributed by atoms with Crippen LogP contribution in [0.5, 0.6) is 0 Å². The molecule has 1 aromatic rings. The van der Waals surface area contributed by atoms with E-state index in [4.69, 9.17) is 0 Å². The number of halogens is 1. The highest BCUT2D eigenvalue weighted by Crippen LogP contribution is 2.20. The maximum absolute atomic E-state index is 13.5. The Balaban J connectivity index is 2.55. The summed E-state index contributed by atoms with van der Waals surface area (Å²) in [6, 6.07) is 5.53. The highest BCUT2D eigenvalue weighted by molar-refractivity contribution is 5.24. The van der Waals surface area contributed by atoms with Crippen LogP contribution in [-0.4, -0.2) is 29.6 Å². The van der Waals surface area contributed by atoms with E-state index < -0.39 is 6.10 Å². The normalized spacial score (nSPS) is 13.3. The highest BCUT2D eigenvalue weighted by atomic mass is 19.1. The Labute approximate surface area is 116 Å². The first-order valence-electron chi connectivity index (χ1n) is 7.13. The van der Waals surface area contributed by atoms with E-state index in [0.29, 0.717) is 23.6 Å². The largest absolute Gasteiger partial charge is 0.388 e. The lowest BCUT2D eigenvalue weighted by atomic mass is 10.0. The third-order valence-electron chi connectivity index (χ3n) is 3.90. The van der Waals surface area contributed by atoms with Crippen molar-refractivity contribution < 1.29 is 9.50 Å². The van der Waals surface area contributed by atoms with Crippen molar-refractivity contribution in [2.45, 2.75) is 52.2 Å². The lowest BCUT2D eigenvalue weighted by Crippen LogP contribution is -2.32. The molecular weight excluding hydrogens is 241 g/mol. The first-order chi connectivity index (χ1) is 8.99. The molecule has 1 rings (SSSR count). The molecule has 0 heterocycles. The Hall–Kier alpha value is -0.930. The van der Waals surface area contributed by atoms with E-state index in [0.717, 1.165) is 19.4 Å². The molecule has 1 aromatic carbocycles. The minimum atomic E-state index is -0.591. The maximum Gasteiger partial charge on any atom is 0.126 e. The third kappa shape index (κ3) is 4.59. The van der Waals surface area contributed by atoms with Gasteiger partial charge in [0, 0.05) is 12.6 Å². The molecule has 108 valence electrons. The average molecular weight is 267 g/mol. The molecule has 1 N–H and O–H groups in total. The van der Waals surface area contributed by atoms with Crippen LogP contribution in [-0.2, 0) is 0 Å². The van der Waals surface area contributed by atoms with Crippen LogP contribution in [0, 0.1) is 12.7 Å². The van der Waals surface area contributed by atoms with Crippen LogP contribution in [0.1, 0.15) is 50.3 Å². The van der Waals surface area contributed by atoms with Gasteiger partial charge in [-0.05, 0) is 50.4 Å². The Kier molecular flexibility index (Phi) is 6.46. The summed E-state index contributed by atoms with van der Waals surface area (Å²) in [5.41, 5.74) is 1.28. The van der Waals surface area contributed by atoms with Crippen LogP contribution in [0.25, 0.3) is 0 Å². The lowest BCUT2D eigenvalue weighted by molar-refractivity contribution is 0.133. The number of hydrogen-bond donors (Lipinski definition) is 1. The zero-order valence-corrected chi connectivity index (χ0v) is 12.5. The zero-order valence-electron chi connectivity index (χ0n) is 12.5. The quantitative estimate of drug-likeness (QED) is 0.814. The van der Waals surface area contributed by atoms with Crippen LogP contribution in [0.3, 0.4) is 0 Å². The maximum atomic E-state index is 13.5. The molecule has 0 fully saturated rings. The molecule has 0 amide bonds. The van der Waals surface area contributed by atoms with Gasteiger partial charge in [0.05, 0.1) is 6.10 Å². The molecular formula is C16H26FNO. The Morgan fingerprint density at radius 1 is 1.26 bits per heavy atom. The van der Waals surface area contributed by atoms with Gasteiger partial charge in [0.1, 0.15) is 5.82 Å². The minimum Gasteiger partial charge on any atom is -0.388 e. The van der Waals surface area contributed by atoms with Crippen LogP contribution in [0.4, 0.5) is 4.39 Å². The lowest BCUT2D eigenvalue weighted by Gasteiger charge is -2.27. The van der Waals surface area contributed by atoms with E-state index in [1.54, 1.807) is 19.1 Å². The van der Waals surface area contributed by atoms with Crippen LogP contribution < -0.4 is 0 Å². The van der Waals surface area contributed by atoms with Crippen molar-refractivity contribution in [2.75, 3.05) is 13.6 Å². The fourth-order valence-corrected chi connectivity index (χ4v) is 2.40. The van der Waals surface area contributed by atoms with Gasteiger partial charge in [0.25, 0.3) is 0 Å². The Bertz CT molecular complexity index is 390. The summed E-state index contributed by atoms with van der Waals surface area (Å²) in [4.78, 5) is 2.27. The first-order valence-corrected chi connectivity index (χ1v) is 7.13. The molecule has 0 saturated carbocycles. The number of aliphatic hydroxyl groups is 1. The number of nitrogens with zero attached hydrogens (tertiary/aromatic N) is 1. The summed E-state index contributed by atoms with van der Waals surface area (Å²) in [5, 5.41) is 10.1. The SMILES string of the molecule is CCC(CC)N(C)CCC(O)c1ccc(C)c(F)c1. The van der Waals surface area contributed by atoms with Crippen molar-refractivity contribution in [1.82, 2.24) is 4.90 Å². The van der Waals surface area contributed by atoms with Gasteiger partial charge in [0.15, 0.2) is 0 Å². The van der Waals surface area contributed by atoms with E-state index in [9.17, 15) is 9.50 Å². The predicted octanol–water partition coefficient (Wildman–Crippen LogP) is 3.68. The summed E-state index contributed by atoms with van der Waals surface area (Å²) in [5.74, 6) is -0.245. The second kappa shape index (κ2) is 7.61. The molecule has 0 aliphatic heterocycles. The van der Waals surface area contributed by atoms with E-state index in [1.165, 1.54) is 6.07 Å². The fourth-order valence-electron chi connectivity index (χ4n) is 2.40. The smallest absolute Gasteiger partial charge is 0.126 e. The molecule has 3 heteroatoms. The summed E-state index contributed by atoms with van der Waals surface area (Å²) in [6.07, 6.45) is 2.27. The van der Waals surface area contributed by atoms with Gasteiger partial charge >= 0.3 is 0 Å². The fraction of sp³-hybridized carbons (Fsp3) is 0.625. The van der Waals surface area contributed by atoms with Crippen molar-refractivity contribution in [2.24, 2.45) is 0 Å². The molecule has 0 aliphatic carbocycles. The van der Waals surface area contributed by atoms with Crippen molar-refractivity contribution in [3.8, 4) is 0 Å². The highest BCUT2D eigenvalue weighted by Gasteiger charge is 2.14. The standard InChI is InChI=1S/C16H26FNO/c1-5-14(6-2)18(4)10-9-16(19)13-8-7-12(3)15(17)11-13/h7-8,11,14,16,19H,5-6,9-10H2,1-4H3. The van der Waals surface area contributed by atoms with Crippen LogP contribution in [0.15, 0.2) is 18.2 Å². The topological polar surface area (TPSA) is 23.5 Å². The van der Waals surface area contributed by atoms with Crippen LogP contribution in [0.2, 0.25) is 0 Å². The number of rotatable bonds is 7. The molecule has 19 heavy (non-hydrogen) atoms. The van der Waals surface area contributed by atoms with Gasteiger partial charge in [-0.3, -0.25) is 0 Å². The molecule has 0 aromatic heterocycles. The third-order valence-corrected chi connectivity index (χ3v) is 3.90. The molecule has 0 aliphatic rings. The summed E-state index contributed by atoms with van der Waals surface area (Å²) in [7, 11) is 2.08. The Morgan fingerprint density at radius 3 is 2.42 bits per heavy atom. The van der Waals surface area contributed by atoms with Crippen LogP contribution >= 0.6 is 0 Å². The number of aryl methyl sites for hydroxylation is 1. The summed E-state index contributed by atoms with van der Waals surface area (Å²) >= 11 is 0. The van der Waals surface area contributed by atoms with E-state index >= 15 is 0 Å². The van der Waals surface area contributed by atoms with Gasteiger partial charge in [-0.25, -0.2) is 4.39 Å². The van der Waals surface area contributed by atoms with Gasteiger partial charge in [0.2, 0.25) is 0 Å². The van der Waals surface area contributed by atoms with Gasteiger partial charge < -0.3 is 10.0 Å². The predicted molar refractivity (Wildman–Crippen MR) is 77.7 cm³/mol. The van der Waals surface area contributed by atoms with Gasteiger partial charge in [-0.2, -0.15) is 0 Å². The van der Waals surface area contributed by atoms with Crippen molar-refractivity contribution in [3.63, 3.8) is 0 Å². The number of hydrogen-bond acceptors (Lipinski definition) is 2. The molecule has 0 bridgehead atoms. The van der Waals surface area contributed by atoms with Gasteiger partial charge in [-0.15, -0.1) is 0 Å². The van der Waals surface area contributed by atoms with E-state index in [2.05, 4.69) is 25.8 Å². The van der Waals surface area contributed by atoms with E-state index in [-0.39, 0.29) is 5.82 Å². The number of benzene rings is 1. The Morgan fingerprint density at radius 2 is 1.89 bits per heavy atom. The van der Waals surface area contributed by atoms with Crippen molar-refractivity contribution in [3.05, 3.63) is 35.1 Å². The molecule has 2 nitrogen and oxygen atoms in total. The second-order valence-corrected chi connectivity index (χ2v) is 5.26. The molecule has 0 spiro atoms. The molecule has 0 radical (unpaired) electrons. The second-order valence-electron chi connectivity index (χ2n) is 5.26. The zero-order chi connectivity index (χ0) is 14.4. The van der Waals surface area contributed by atoms with E-state index in [1.807, 2.05) is 0 Å². The first kappa shape index (κ1) is 16.1. The van der Waals surface area contributed by atoms with Crippen molar-refractivity contribution in [1.29, 1.82) is 0 Å². The molecule has 1 unspecified atom stereocenters. The monoisotopic (exact) mass is 267 g/mol. The van der Waals surface area contributed by atoms with Gasteiger partial charge in [-0.1, -0.05) is 26.0 Å². The van der Waals surface area contributed by atoms with Crippen molar-refractivity contribution >= 4 is 0 Å². The summed E-state index contributed by atoms with van der Waals surface area (Å²) < 4.78 is 13.5.